The fourth-order valence-corrected chi connectivity index (χ4v) is 3.69. The first-order valence-corrected chi connectivity index (χ1v) is 7.63. The van der Waals surface area contributed by atoms with Crippen molar-refractivity contribution in [1.29, 1.82) is 0 Å². The molecule has 1 aliphatic heterocycles. The van der Waals surface area contributed by atoms with Gasteiger partial charge in [0.25, 0.3) is 0 Å². The first-order chi connectivity index (χ1) is 7.89. The number of halogens is 4. The highest BCUT2D eigenvalue weighted by molar-refractivity contribution is 9.10. The summed E-state index contributed by atoms with van der Waals surface area (Å²) in [5.41, 5.74) is 0.736. The zero-order chi connectivity index (χ0) is 12.6. The van der Waals surface area contributed by atoms with Crippen molar-refractivity contribution in [3.63, 3.8) is 0 Å². The fourth-order valence-electron chi connectivity index (χ4n) is 1.55. The summed E-state index contributed by atoms with van der Waals surface area (Å²) in [7, 11) is 0. The molecule has 1 aromatic rings. The fraction of sp³-hybridized carbons (Fsp3) is 0.300. The highest BCUT2D eigenvalue weighted by Crippen LogP contribution is 2.44. The Hall–Kier alpha value is 0.390. The zero-order valence-electron chi connectivity index (χ0n) is 8.37. The third-order valence-corrected chi connectivity index (χ3v) is 5.08. The number of rotatable bonds is 1. The van der Waals surface area contributed by atoms with Gasteiger partial charge in [0.15, 0.2) is 0 Å². The number of amides is 1. The van der Waals surface area contributed by atoms with Gasteiger partial charge in [0, 0.05) is 10.2 Å². The van der Waals surface area contributed by atoms with Crippen LogP contribution in [0.5, 0.6) is 0 Å². The Morgan fingerprint density at radius 2 is 1.88 bits per heavy atom. The number of alkyl halides is 3. The maximum Gasteiger partial charge on any atom is 0.238 e. The molecule has 7 heteroatoms. The first kappa shape index (κ1) is 13.8. The lowest BCUT2D eigenvalue weighted by Gasteiger charge is -2.28. The van der Waals surface area contributed by atoms with Gasteiger partial charge < -0.3 is 0 Å². The number of carbonyl (C=O) groups is 1. The molecule has 2 rings (SSSR count). The molecule has 1 amide bonds. The average Bonchev–Trinajstić information content (AvgIpc) is 2.61. The van der Waals surface area contributed by atoms with Crippen molar-refractivity contribution >= 4 is 74.1 Å². The van der Waals surface area contributed by atoms with Crippen LogP contribution in [-0.2, 0) is 4.79 Å². The van der Waals surface area contributed by atoms with Gasteiger partial charge in [0.2, 0.25) is 9.70 Å². The smallest absolute Gasteiger partial charge is 0.238 e. The molecule has 1 aromatic carbocycles. The molecule has 1 atom stereocenters. The molecule has 1 saturated heterocycles. The molecule has 1 heterocycles. The summed E-state index contributed by atoms with van der Waals surface area (Å²) in [6.07, 6.45) is 0. The van der Waals surface area contributed by atoms with Crippen molar-refractivity contribution in [1.82, 2.24) is 0 Å². The van der Waals surface area contributed by atoms with Crippen molar-refractivity contribution in [2.75, 3.05) is 10.7 Å². The molecule has 1 unspecified atom stereocenters. The van der Waals surface area contributed by atoms with Crippen LogP contribution in [0, 0.1) is 0 Å². The molecule has 1 aliphatic rings. The summed E-state index contributed by atoms with van der Waals surface area (Å²) >= 11 is 22.3. The number of anilines is 1. The zero-order valence-corrected chi connectivity index (χ0v) is 13.0. The van der Waals surface area contributed by atoms with Crippen molar-refractivity contribution < 1.29 is 4.79 Å². The monoisotopic (exact) mass is 373 g/mol. The van der Waals surface area contributed by atoms with E-state index in [1.807, 2.05) is 24.3 Å². The van der Waals surface area contributed by atoms with E-state index in [2.05, 4.69) is 15.9 Å². The minimum absolute atomic E-state index is 0.0475. The van der Waals surface area contributed by atoms with E-state index >= 15 is 0 Å². The van der Waals surface area contributed by atoms with Gasteiger partial charge in [-0.15, -0.1) is 11.8 Å². The average molecular weight is 376 g/mol. The molecule has 0 radical (unpaired) electrons. The number of nitrogens with zero attached hydrogens (tertiary/aromatic N) is 1. The van der Waals surface area contributed by atoms with Crippen LogP contribution in [0.4, 0.5) is 5.69 Å². The highest BCUT2D eigenvalue weighted by Gasteiger charge is 2.45. The van der Waals surface area contributed by atoms with Gasteiger partial charge in [0.05, 0.1) is 5.75 Å². The molecule has 2 nitrogen and oxygen atoms in total. The minimum atomic E-state index is -1.50. The molecule has 0 spiro atoms. The van der Waals surface area contributed by atoms with Crippen LogP contribution in [0.2, 0.25) is 0 Å². The lowest BCUT2D eigenvalue weighted by Crippen LogP contribution is -2.40. The molecule has 0 bridgehead atoms. The molecule has 0 aromatic heterocycles. The predicted octanol–water partition coefficient (Wildman–Crippen LogP) is 4.23. The largest absolute Gasteiger partial charge is 0.295 e. The highest BCUT2D eigenvalue weighted by atomic mass is 79.9. The SMILES string of the molecule is O=C1CSC(C(Cl)(Cl)Cl)N1c1ccc(Br)cc1. The lowest BCUT2D eigenvalue weighted by molar-refractivity contribution is -0.115. The number of carbonyl (C=O) groups excluding carboxylic acids is 1. The predicted molar refractivity (Wildman–Crippen MR) is 78.2 cm³/mol. The van der Waals surface area contributed by atoms with Crippen LogP contribution in [0.3, 0.4) is 0 Å². The number of benzene rings is 1. The van der Waals surface area contributed by atoms with Crippen molar-refractivity contribution in [3.8, 4) is 0 Å². The van der Waals surface area contributed by atoms with Gasteiger partial charge in [-0.05, 0) is 24.3 Å². The third kappa shape index (κ3) is 3.04. The molecular weight excluding hydrogens is 368 g/mol. The van der Waals surface area contributed by atoms with E-state index in [9.17, 15) is 4.79 Å². The maximum absolute atomic E-state index is 11.8. The summed E-state index contributed by atoms with van der Waals surface area (Å²) in [6.45, 7) is 0. The van der Waals surface area contributed by atoms with Gasteiger partial charge in [-0.2, -0.15) is 0 Å². The summed E-state index contributed by atoms with van der Waals surface area (Å²) in [5.74, 6) is 0.280. The Labute approximate surface area is 127 Å². The Kier molecular flexibility index (Phi) is 4.20. The summed E-state index contributed by atoms with van der Waals surface area (Å²) in [5, 5.41) is -0.485. The van der Waals surface area contributed by atoms with Gasteiger partial charge in [0.1, 0.15) is 5.37 Å². The van der Waals surface area contributed by atoms with Crippen LogP contribution in [-0.4, -0.2) is 20.8 Å². The summed E-state index contributed by atoms with van der Waals surface area (Å²) in [4.78, 5) is 13.4. The van der Waals surface area contributed by atoms with Gasteiger partial charge in [-0.3, -0.25) is 9.69 Å². The second-order valence-electron chi connectivity index (χ2n) is 3.45. The third-order valence-electron chi connectivity index (χ3n) is 2.25. The van der Waals surface area contributed by atoms with Gasteiger partial charge >= 0.3 is 0 Å². The lowest BCUT2D eigenvalue weighted by atomic mass is 10.3. The molecular formula is C10H7BrCl3NOS. The topological polar surface area (TPSA) is 20.3 Å². The molecule has 1 fully saturated rings. The summed E-state index contributed by atoms with van der Waals surface area (Å²) < 4.78 is -0.560. The standard InChI is InChI=1S/C10H7BrCl3NOS/c11-6-1-3-7(4-2-6)15-8(16)5-17-9(15)10(12,13)14/h1-4,9H,5H2. The van der Waals surface area contributed by atoms with Crippen LogP contribution in [0.25, 0.3) is 0 Å². The Morgan fingerprint density at radius 1 is 1.29 bits per heavy atom. The van der Waals surface area contributed by atoms with E-state index in [4.69, 9.17) is 34.8 Å². The second kappa shape index (κ2) is 5.17. The van der Waals surface area contributed by atoms with E-state index in [1.165, 1.54) is 16.7 Å². The molecule has 92 valence electrons. The van der Waals surface area contributed by atoms with Crippen molar-refractivity contribution in [3.05, 3.63) is 28.7 Å². The first-order valence-electron chi connectivity index (χ1n) is 4.65. The number of thioether (sulfide) groups is 1. The Morgan fingerprint density at radius 3 is 2.41 bits per heavy atom. The molecule has 0 N–H and O–H groups in total. The van der Waals surface area contributed by atoms with Crippen LogP contribution in [0.15, 0.2) is 28.7 Å². The van der Waals surface area contributed by atoms with E-state index < -0.39 is 9.17 Å². The van der Waals surface area contributed by atoms with Crippen LogP contribution < -0.4 is 4.90 Å². The van der Waals surface area contributed by atoms with Gasteiger partial charge in [-0.25, -0.2) is 0 Å². The normalized spacial score (nSPS) is 21.1. The van der Waals surface area contributed by atoms with Crippen molar-refractivity contribution in [2.45, 2.75) is 9.17 Å². The Balaban J connectivity index is 2.34. The van der Waals surface area contributed by atoms with E-state index in [0.29, 0.717) is 5.75 Å². The number of hydrogen-bond donors (Lipinski definition) is 0. The molecule has 0 aliphatic carbocycles. The van der Waals surface area contributed by atoms with E-state index in [0.717, 1.165) is 10.2 Å². The van der Waals surface area contributed by atoms with Crippen LogP contribution in [0.1, 0.15) is 0 Å². The number of hydrogen-bond acceptors (Lipinski definition) is 2. The quantitative estimate of drug-likeness (QED) is 0.685. The van der Waals surface area contributed by atoms with Gasteiger partial charge in [-0.1, -0.05) is 50.7 Å². The minimum Gasteiger partial charge on any atom is -0.295 e. The molecule has 0 saturated carbocycles. The van der Waals surface area contributed by atoms with E-state index in [1.54, 1.807) is 0 Å². The Bertz CT molecular complexity index is 434. The summed E-state index contributed by atoms with van der Waals surface area (Å²) in [6, 6.07) is 7.33. The maximum atomic E-state index is 11.8. The van der Waals surface area contributed by atoms with E-state index in [-0.39, 0.29) is 5.91 Å². The second-order valence-corrected chi connectivity index (χ2v) is 7.80. The molecule has 17 heavy (non-hydrogen) atoms. The van der Waals surface area contributed by atoms with Crippen molar-refractivity contribution in [2.24, 2.45) is 0 Å². The van der Waals surface area contributed by atoms with Crippen LogP contribution >= 0.6 is 62.5 Å².